The van der Waals surface area contributed by atoms with E-state index < -0.39 is 16.0 Å². The Labute approximate surface area is 99.6 Å². The molecule has 0 unspecified atom stereocenters. The van der Waals surface area contributed by atoms with E-state index in [0.29, 0.717) is 11.4 Å². The molecule has 0 spiro atoms. The van der Waals surface area contributed by atoms with E-state index >= 15 is 0 Å². The van der Waals surface area contributed by atoms with E-state index in [0.717, 1.165) is 0 Å². The number of carbonyl (C=O) groups is 1. The number of esters is 1. The third kappa shape index (κ3) is 3.27. The predicted octanol–water partition coefficient (Wildman–Crippen LogP) is -0.132. The molecule has 2 N–H and O–H groups in total. The number of hydrogen-bond donors (Lipinski definition) is 2. The van der Waals surface area contributed by atoms with Crippen LogP contribution in [0.15, 0.2) is 4.90 Å². The molecule has 0 atom stereocenters. The lowest BCUT2D eigenvalue weighted by Crippen LogP contribution is -2.27. The average Bonchev–Trinajstić information content (AvgIpc) is 2.58. The third-order valence-electron chi connectivity index (χ3n) is 2.18. The highest BCUT2D eigenvalue weighted by atomic mass is 32.2. The Balaban J connectivity index is 2.73. The first-order valence-electron chi connectivity index (χ1n) is 4.96. The van der Waals surface area contributed by atoms with Gasteiger partial charge >= 0.3 is 5.97 Å². The van der Waals surface area contributed by atoms with Gasteiger partial charge in [0, 0.05) is 6.54 Å². The summed E-state index contributed by atoms with van der Waals surface area (Å²) in [4.78, 5) is 11.0. The number of sulfonamides is 1. The van der Waals surface area contributed by atoms with Gasteiger partial charge in [0.2, 0.25) is 10.0 Å². The molecule has 1 aromatic rings. The lowest BCUT2D eigenvalue weighted by Gasteiger charge is -2.05. The number of nitrogens with zero attached hydrogens (tertiary/aromatic N) is 1. The quantitative estimate of drug-likeness (QED) is 0.719. The number of hydrogen-bond acceptors (Lipinski definition) is 5. The van der Waals surface area contributed by atoms with E-state index in [9.17, 15) is 13.2 Å². The first kappa shape index (κ1) is 13.7. The molecule has 0 radical (unpaired) electrons. The highest BCUT2D eigenvalue weighted by Crippen LogP contribution is 2.15. The normalized spacial score (nSPS) is 11.5. The van der Waals surface area contributed by atoms with Crippen molar-refractivity contribution in [2.45, 2.75) is 25.2 Å². The standard InChI is InChI=1S/C9H15N3O4S/c1-6-9(7(2)12-11-6)17(14,15)10-5-4-8(13)16-3/h10H,4-5H2,1-3H3,(H,11,12). The van der Waals surface area contributed by atoms with Crippen molar-refractivity contribution in [3.8, 4) is 0 Å². The van der Waals surface area contributed by atoms with E-state index in [1.807, 2.05) is 0 Å². The molecule has 0 aliphatic heterocycles. The van der Waals surface area contributed by atoms with Gasteiger partial charge in [0.25, 0.3) is 0 Å². The smallest absolute Gasteiger partial charge is 0.306 e. The highest BCUT2D eigenvalue weighted by Gasteiger charge is 2.21. The molecule has 0 saturated heterocycles. The lowest BCUT2D eigenvalue weighted by molar-refractivity contribution is -0.140. The van der Waals surface area contributed by atoms with Crippen molar-refractivity contribution in [3.63, 3.8) is 0 Å². The maximum Gasteiger partial charge on any atom is 0.306 e. The van der Waals surface area contributed by atoms with Crippen LogP contribution >= 0.6 is 0 Å². The van der Waals surface area contributed by atoms with E-state index in [1.54, 1.807) is 13.8 Å². The van der Waals surface area contributed by atoms with E-state index in [-0.39, 0.29) is 17.9 Å². The Morgan fingerprint density at radius 3 is 2.59 bits per heavy atom. The van der Waals surface area contributed by atoms with Gasteiger partial charge in [-0.3, -0.25) is 9.89 Å². The summed E-state index contributed by atoms with van der Waals surface area (Å²) in [6.45, 7) is 3.21. The zero-order chi connectivity index (χ0) is 13.1. The summed E-state index contributed by atoms with van der Waals surface area (Å²) in [5, 5.41) is 6.40. The monoisotopic (exact) mass is 261 g/mol. The van der Waals surface area contributed by atoms with Gasteiger partial charge in [-0.2, -0.15) is 5.10 Å². The van der Waals surface area contributed by atoms with Gasteiger partial charge in [-0.15, -0.1) is 0 Å². The Bertz CT molecular complexity index is 487. The number of aromatic nitrogens is 2. The van der Waals surface area contributed by atoms with Crippen molar-refractivity contribution < 1.29 is 17.9 Å². The molecule has 1 heterocycles. The van der Waals surface area contributed by atoms with Crippen molar-refractivity contribution >= 4 is 16.0 Å². The molecule has 0 fully saturated rings. The zero-order valence-corrected chi connectivity index (χ0v) is 10.7. The van der Waals surface area contributed by atoms with Crippen LogP contribution in [0.4, 0.5) is 0 Å². The van der Waals surface area contributed by atoms with Crippen LogP contribution in [0.5, 0.6) is 0 Å². The van der Waals surface area contributed by atoms with Gasteiger partial charge in [-0.1, -0.05) is 0 Å². The molecule has 0 saturated carbocycles. The van der Waals surface area contributed by atoms with Crippen LogP contribution in [0.25, 0.3) is 0 Å². The summed E-state index contributed by atoms with van der Waals surface area (Å²) in [7, 11) is -2.38. The molecule has 0 aromatic carbocycles. The summed E-state index contributed by atoms with van der Waals surface area (Å²) in [6.07, 6.45) is -0.00826. The molecule has 96 valence electrons. The highest BCUT2D eigenvalue weighted by molar-refractivity contribution is 7.89. The van der Waals surface area contributed by atoms with Crippen molar-refractivity contribution in [1.29, 1.82) is 0 Å². The van der Waals surface area contributed by atoms with Gasteiger partial charge in [0.15, 0.2) is 0 Å². The molecule has 8 heteroatoms. The molecule has 1 aromatic heterocycles. The Morgan fingerprint density at radius 2 is 2.12 bits per heavy atom. The van der Waals surface area contributed by atoms with Gasteiger partial charge in [-0.05, 0) is 13.8 Å². The summed E-state index contributed by atoms with van der Waals surface area (Å²) in [6, 6.07) is 0. The number of H-pyrrole nitrogens is 1. The fraction of sp³-hybridized carbons (Fsp3) is 0.556. The van der Waals surface area contributed by atoms with Crippen molar-refractivity contribution in [2.24, 2.45) is 0 Å². The third-order valence-corrected chi connectivity index (χ3v) is 3.90. The number of carbonyl (C=O) groups excluding carboxylic acids is 1. The fourth-order valence-corrected chi connectivity index (χ4v) is 2.80. The Kier molecular flexibility index (Phi) is 4.24. The minimum absolute atomic E-state index is 0.000926. The number of rotatable bonds is 5. The molecule has 1 rings (SSSR count). The van der Waals surface area contributed by atoms with Crippen LogP contribution in [0.3, 0.4) is 0 Å². The van der Waals surface area contributed by atoms with Crippen molar-refractivity contribution in [3.05, 3.63) is 11.4 Å². The summed E-state index contributed by atoms with van der Waals surface area (Å²) in [5.74, 6) is -0.465. The minimum atomic E-state index is -3.63. The topological polar surface area (TPSA) is 101 Å². The second-order valence-corrected chi connectivity index (χ2v) is 5.19. The van der Waals surface area contributed by atoms with E-state index in [4.69, 9.17) is 0 Å². The maximum atomic E-state index is 11.9. The maximum absolute atomic E-state index is 11.9. The minimum Gasteiger partial charge on any atom is -0.469 e. The molecular formula is C9H15N3O4S. The molecular weight excluding hydrogens is 246 g/mol. The van der Waals surface area contributed by atoms with E-state index in [2.05, 4.69) is 19.7 Å². The molecule has 0 aliphatic carbocycles. The zero-order valence-electron chi connectivity index (χ0n) is 9.90. The average molecular weight is 261 g/mol. The number of aromatic amines is 1. The first-order chi connectivity index (χ1) is 7.88. The van der Waals surface area contributed by atoms with Crippen molar-refractivity contribution in [1.82, 2.24) is 14.9 Å². The summed E-state index contributed by atoms with van der Waals surface area (Å²) in [5.41, 5.74) is 0.862. The molecule has 0 aliphatic rings. The van der Waals surface area contributed by atoms with Gasteiger partial charge in [0.05, 0.1) is 24.9 Å². The van der Waals surface area contributed by atoms with Gasteiger partial charge < -0.3 is 4.74 Å². The fourth-order valence-electron chi connectivity index (χ4n) is 1.40. The van der Waals surface area contributed by atoms with Crippen LogP contribution in [0, 0.1) is 13.8 Å². The number of ether oxygens (including phenoxy) is 1. The molecule has 0 amide bonds. The first-order valence-corrected chi connectivity index (χ1v) is 6.45. The SMILES string of the molecule is COC(=O)CCNS(=O)(=O)c1c(C)n[nH]c1C. The van der Waals surface area contributed by atoms with E-state index in [1.165, 1.54) is 7.11 Å². The van der Waals surface area contributed by atoms with Crippen LogP contribution in [0.1, 0.15) is 17.8 Å². The van der Waals surface area contributed by atoms with Crippen LogP contribution < -0.4 is 4.72 Å². The van der Waals surface area contributed by atoms with Crippen LogP contribution in [-0.2, 0) is 19.6 Å². The summed E-state index contributed by atoms with van der Waals surface area (Å²) >= 11 is 0. The van der Waals surface area contributed by atoms with Gasteiger partial charge in [-0.25, -0.2) is 13.1 Å². The Morgan fingerprint density at radius 1 is 1.47 bits per heavy atom. The number of aryl methyl sites for hydroxylation is 2. The number of nitrogens with one attached hydrogen (secondary N) is 2. The Hall–Kier alpha value is -1.41. The second kappa shape index (κ2) is 5.28. The lowest BCUT2D eigenvalue weighted by atomic mass is 10.4. The van der Waals surface area contributed by atoms with Crippen LogP contribution in [0.2, 0.25) is 0 Å². The second-order valence-electron chi connectivity index (χ2n) is 3.49. The predicted molar refractivity (Wildman–Crippen MR) is 59.9 cm³/mol. The molecule has 17 heavy (non-hydrogen) atoms. The van der Waals surface area contributed by atoms with Crippen molar-refractivity contribution in [2.75, 3.05) is 13.7 Å². The molecule has 7 nitrogen and oxygen atoms in total. The van der Waals surface area contributed by atoms with Gasteiger partial charge in [0.1, 0.15) is 4.90 Å². The summed E-state index contributed by atoms with van der Waals surface area (Å²) < 4.78 is 30.5. The van der Waals surface area contributed by atoms with Crippen LogP contribution in [-0.4, -0.2) is 38.2 Å². The molecule has 0 bridgehead atoms. The largest absolute Gasteiger partial charge is 0.469 e. The number of methoxy groups -OCH3 is 1.